The lowest BCUT2D eigenvalue weighted by molar-refractivity contribution is 0.141. The van der Waals surface area contributed by atoms with Crippen molar-refractivity contribution in [2.24, 2.45) is 5.90 Å². The van der Waals surface area contributed by atoms with Crippen molar-refractivity contribution < 1.29 is 14.3 Å². The van der Waals surface area contributed by atoms with Gasteiger partial charge in [0.05, 0.1) is 19.8 Å². The Morgan fingerprint density at radius 2 is 2.18 bits per heavy atom. The average Bonchev–Trinajstić information content (AvgIpc) is 2.54. The Balaban J connectivity index is 2.37. The van der Waals surface area contributed by atoms with E-state index in [0.29, 0.717) is 31.3 Å². The molecule has 0 saturated carbocycles. The Labute approximate surface area is 106 Å². The summed E-state index contributed by atoms with van der Waals surface area (Å²) in [5.74, 6) is 6.56. The van der Waals surface area contributed by atoms with Gasteiger partial charge in [-0.25, -0.2) is 5.90 Å². The second-order valence-electron chi connectivity index (χ2n) is 3.96. The van der Waals surface area contributed by atoms with Crippen LogP contribution in [0.15, 0.2) is 6.07 Å². The number of fused-ring (bicyclic) bond motifs is 1. The summed E-state index contributed by atoms with van der Waals surface area (Å²) in [6, 6.07) is 1.81. The second-order valence-corrected chi connectivity index (χ2v) is 4.37. The minimum absolute atomic E-state index is 0.431. The van der Waals surface area contributed by atoms with Crippen molar-refractivity contribution >= 4 is 11.6 Å². The molecule has 0 bridgehead atoms. The van der Waals surface area contributed by atoms with Crippen LogP contribution in [0.25, 0.3) is 0 Å². The molecule has 94 valence electrons. The van der Waals surface area contributed by atoms with Crippen molar-refractivity contribution in [1.29, 1.82) is 0 Å². The Bertz CT molecular complexity index is 409. The minimum atomic E-state index is 0.431. The van der Waals surface area contributed by atoms with Crippen molar-refractivity contribution in [2.75, 3.05) is 19.8 Å². The summed E-state index contributed by atoms with van der Waals surface area (Å²) in [7, 11) is 0. The number of nitrogens with two attached hydrogens (primary N) is 1. The maximum atomic E-state index is 6.22. The standard InChI is InChI=1S/C12H16ClNO3/c1-8-9(3-6-17-14)10(13)7-11-12(8)16-5-2-4-15-11/h7H,2-6,14H2,1H3. The van der Waals surface area contributed by atoms with Crippen LogP contribution in [0.3, 0.4) is 0 Å². The van der Waals surface area contributed by atoms with Gasteiger partial charge in [-0.05, 0) is 24.5 Å². The van der Waals surface area contributed by atoms with Gasteiger partial charge >= 0.3 is 0 Å². The van der Waals surface area contributed by atoms with Crippen molar-refractivity contribution in [1.82, 2.24) is 0 Å². The molecule has 0 spiro atoms. The van der Waals surface area contributed by atoms with Gasteiger partial charge in [-0.15, -0.1) is 0 Å². The second kappa shape index (κ2) is 5.58. The van der Waals surface area contributed by atoms with Crippen LogP contribution in [-0.2, 0) is 11.3 Å². The fraction of sp³-hybridized carbons (Fsp3) is 0.500. The Kier molecular flexibility index (Phi) is 4.10. The molecule has 1 aromatic rings. The molecule has 4 nitrogen and oxygen atoms in total. The van der Waals surface area contributed by atoms with Crippen LogP contribution < -0.4 is 15.4 Å². The Morgan fingerprint density at radius 3 is 2.94 bits per heavy atom. The van der Waals surface area contributed by atoms with Gasteiger partial charge in [-0.3, -0.25) is 0 Å². The summed E-state index contributed by atoms with van der Waals surface area (Å²) in [6.07, 6.45) is 1.55. The van der Waals surface area contributed by atoms with Crippen LogP contribution in [0.1, 0.15) is 17.5 Å². The van der Waals surface area contributed by atoms with Crippen LogP contribution in [0.4, 0.5) is 0 Å². The zero-order valence-corrected chi connectivity index (χ0v) is 10.5. The molecule has 0 amide bonds. The quantitative estimate of drug-likeness (QED) is 0.844. The SMILES string of the molecule is Cc1c(CCON)c(Cl)cc2c1OCCCO2. The van der Waals surface area contributed by atoms with Crippen LogP contribution >= 0.6 is 11.6 Å². The van der Waals surface area contributed by atoms with E-state index in [2.05, 4.69) is 4.84 Å². The minimum Gasteiger partial charge on any atom is -0.489 e. The number of hydrogen-bond donors (Lipinski definition) is 1. The molecule has 17 heavy (non-hydrogen) atoms. The van der Waals surface area contributed by atoms with E-state index in [1.165, 1.54) is 0 Å². The molecule has 0 aliphatic carbocycles. The van der Waals surface area contributed by atoms with E-state index >= 15 is 0 Å². The van der Waals surface area contributed by atoms with Gasteiger partial charge in [0, 0.05) is 17.5 Å². The third kappa shape index (κ3) is 2.65. The summed E-state index contributed by atoms with van der Waals surface area (Å²) >= 11 is 6.22. The summed E-state index contributed by atoms with van der Waals surface area (Å²) < 4.78 is 11.3. The lowest BCUT2D eigenvalue weighted by atomic mass is 10.0. The van der Waals surface area contributed by atoms with Crippen molar-refractivity contribution in [3.05, 3.63) is 22.2 Å². The lowest BCUT2D eigenvalue weighted by Crippen LogP contribution is -2.06. The van der Waals surface area contributed by atoms with Gasteiger partial charge in [0.1, 0.15) is 0 Å². The molecule has 0 radical (unpaired) electrons. The van der Waals surface area contributed by atoms with Gasteiger partial charge in [-0.1, -0.05) is 11.6 Å². The molecule has 0 unspecified atom stereocenters. The van der Waals surface area contributed by atoms with Gasteiger partial charge in [0.2, 0.25) is 0 Å². The largest absolute Gasteiger partial charge is 0.489 e. The van der Waals surface area contributed by atoms with Crippen molar-refractivity contribution in [3.63, 3.8) is 0 Å². The highest BCUT2D eigenvalue weighted by atomic mass is 35.5. The van der Waals surface area contributed by atoms with E-state index in [1.807, 2.05) is 6.92 Å². The molecule has 1 heterocycles. The predicted molar refractivity (Wildman–Crippen MR) is 65.6 cm³/mol. The smallest absolute Gasteiger partial charge is 0.164 e. The first-order valence-corrected chi connectivity index (χ1v) is 6.01. The molecule has 1 aliphatic heterocycles. The number of rotatable bonds is 3. The summed E-state index contributed by atoms with van der Waals surface area (Å²) in [5, 5.41) is 0.670. The average molecular weight is 258 g/mol. The van der Waals surface area contributed by atoms with Gasteiger partial charge in [-0.2, -0.15) is 0 Å². The number of hydrogen-bond acceptors (Lipinski definition) is 4. The topological polar surface area (TPSA) is 53.7 Å². The van der Waals surface area contributed by atoms with E-state index in [4.69, 9.17) is 27.0 Å². The molecule has 1 aromatic carbocycles. The molecule has 0 saturated heterocycles. The highest BCUT2D eigenvalue weighted by Crippen LogP contribution is 2.39. The number of ether oxygens (including phenoxy) is 2. The zero-order valence-electron chi connectivity index (χ0n) is 9.79. The first-order valence-electron chi connectivity index (χ1n) is 5.63. The maximum Gasteiger partial charge on any atom is 0.164 e. The molecule has 1 aliphatic rings. The first-order chi connectivity index (χ1) is 8.24. The van der Waals surface area contributed by atoms with E-state index in [-0.39, 0.29) is 0 Å². The fourth-order valence-electron chi connectivity index (χ4n) is 1.94. The maximum absolute atomic E-state index is 6.22. The van der Waals surface area contributed by atoms with Crippen molar-refractivity contribution in [2.45, 2.75) is 19.8 Å². The molecule has 0 atom stereocenters. The monoisotopic (exact) mass is 257 g/mol. The fourth-order valence-corrected chi connectivity index (χ4v) is 2.27. The van der Waals surface area contributed by atoms with Crippen LogP contribution in [0, 0.1) is 6.92 Å². The molecule has 0 aromatic heterocycles. The van der Waals surface area contributed by atoms with E-state index < -0.39 is 0 Å². The lowest BCUT2D eigenvalue weighted by Gasteiger charge is -2.15. The van der Waals surface area contributed by atoms with Gasteiger partial charge in [0.25, 0.3) is 0 Å². The molecular weight excluding hydrogens is 242 g/mol. The van der Waals surface area contributed by atoms with E-state index in [1.54, 1.807) is 6.07 Å². The highest BCUT2D eigenvalue weighted by Gasteiger charge is 2.18. The molecule has 0 fully saturated rings. The molecule has 2 rings (SSSR count). The zero-order chi connectivity index (χ0) is 12.3. The van der Waals surface area contributed by atoms with Crippen LogP contribution in [0.5, 0.6) is 11.5 Å². The van der Waals surface area contributed by atoms with Crippen LogP contribution in [0.2, 0.25) is 5.02 Å². The third-order valence-corrected chi connectivity index (χ3v) is 3.16. The number of benzene rings is 1. The number of halogens is 1. The van der Waals surface area contributed by atoms with Crippen LogP contribution in [-0.4, -0.2) is 19.8 Å². The highest BCUT2D eigenvalue weighted by molar-refractivity contribution is 6.31. The van der Waals surface area contributed by atoms with Gasteiger partial charge < -0.3 is 14.3 Å². The summed E-state index contributed by atoms with van der Waals surface area (Å²) in [4.78, 5) is 4.59. The van der Waals surface area contributed by atoms with E-state index in [9.17, 15) is 0 Å². The van der Waals surface area contributed by atoms with E-state index in [0.717, 1.165) is 29.0 Å². The summed E-state index contributed by atoms with van der Waals surface area (Å²) in [5.41, 5.74) is 2.01. The molecule has 5 heteroatoms. The first kappa shape index (κ1) is 12.5. The molecular formula is C12H16ClNO3. The Hall–Kier alpha value is -0.970. The predicted octanol–water partition coefficient (Wildman–Crippen LogP) is 2.24. The summed E-state index contributed by atoms with van der Waals surface area (Å²) in [6.45, 7) is 3.74. The third-order valence-electron chi connectivity index (χ3n) is 2.83. The molecule has 2 N–H and O–H groups in total. The Morgan fingerprint density at radius 1 is 1.41 bits per heavy atom. The van der Waals surface area contributed by atoms with Gasteiger partial charge in [0.15, 0.2) is 11.5 Å². The normalized spacial score (nSPS) is 14.5. The van der Waals surface area contributed by atoms with Crippen molar-refractivity contribution in [3.8, 4) is 11.5 Å².